The number of aryl methyl sites for hydroxylation is 1. The summed E-state index contributed by atoms with van der Waals surface area (Å²) in [7, 11) is 2.02. The molecule has 0 aliphatic rings. The van der Waals surface area contributed by atoms with E-state index in [0.717, 1.165) is 6.42 Å². The van der Waals surface area contributed by atoms with Crippen molar-refractivity contribution in [3.63, 3.8) is 0 Å². The van der Waals surface area contributed by atoms with Gasteiger partial charge >= 0.3 is 0 Å². The predicted molar refractivity (Wildman–Crippen MR) is 81.1 cm³/mol. The highest BCUT2D eigenvalue weighted by Crippen LogP contribution is 2.28. The van der Waals surface area contributed by atoms with Crippen molar-refractivity contribution in [1.29, 1.82) is 0 Å². The minimum Gasteiger partial charge on any atom is -0.268 e. The Hall–Kier alpha value is -0.830. The van der Waals surface area contributed by atoms with Gasteiger partial charge in [-0.05, 0) is 24.3 Å². The van der Waals surface area contributed by atoms with E-state index >= 15 is 0 Å². The van der Waals surface area contributed by atoms with Crippen LogP contribution in [-0.2, 0) is 13.5 Å². The van der Waals surface area contributed by atoms with E-state index in [1.807, 2.05) is 11.7 Å². The number of alkyl halides is 1. The third kappa shape index (κ3) is 2.61. The van der Waals surface area contributed by atoms with E-state index in [1.165, 1.54) is 16.6 Å². The van der Waals surface area contributed by atoms with E-state index in [2.05, 4.69) is 61.0 Å². The lowest BCUT2D eigenvalue weighted by Crippen LogP contribution is -2.20. The molecule has 0 aliphatic heterocycles. The SMILES string of the molecule is CC(C)C(Cc1nn(C)c2ccccc12)C(C)Br. The average molecular weight is 309 g/mol. The van der Waals surface area contributed by atoms with Crippen molar-refractivity contribution in [3.8, 4) is 0 Å². The Morgan fingerprint density at radius 1 is 1.22 bits per heavy atom. The van der Waals surface area contributed by atoms with Crippen LogP contribution in [-0.4, -0.2) is 14.6 Å². The zero-order valence-electron chi connectivity index (χ0n) is 11.5. The molecule has 1 aromatic carbocycles. The number of rotatable bonds is 4. The van der Waals surface area contributed by atoms with Gasteiger partial charge in [-0.2, -0.15) is 5.10 Å². The van der Waals surface area contributed by atoms with Gasteiger partial charge in [-0.25, -0.2) is 0 Å². The van der Waals surface area contributed by atoms with E-state index in [0.29, 0.717) is 16.7 Å². The lowest BCUT2D eigenvalue weighted by atomic mass is 9.88. The zero-order valence-corrected chi connectivity index (χ0v) is 13.1. The number of fused-ring (bicyclic) bond motifs is 1. The van der Waals surface area contributed by atoms with Gasteiger partial charge in [0, 0.05) is 17.3 Å². The molecule has 2 unspecified atom stereocenters. The molecule has 0 N–H and O–H groups in total. The van der Waals surface area contributed by atoms with Crippen LogP contribution in [0.25, 0.3) is 10.9 Å². The molecular formula is C15H21BrN2. The number of benzene rings is 1. The van der Waals surface area contributed by atoms with Crippen molar-refractivity contribution in [1.82, 2.24) is 9.78 Å². The number of halogens is 1. The maximum absolute atomic E-state index is 4.69. The Morgan fingerprint density at radius 3 is 2.50 bits per heavy atom. The van der Waals surface area contributed by atoms with Crippen molar-refractivity contribution in [2.24, 2.45) is 18.9 Å². The Kier molecular flexibility index (Phi) is 4.10. The van der Waals surface area contributed by atoms with E-state index < -0.39 is 0 Å². The van der Waals surface area contributed by atoms with Crippen molar-refractivity contribution < 1.29 is 0 Å². The Balaban J connectivity index is 2.37. The second-order valence-corrected chi connectivity index (χ2v) is 6.82. The number of hydrogen-bond acceptors (Lipinski definition) is 1. The van der Waals surface area contributed by atoms with Crippen LogP contribution in [0.3, 0.4) is 0 Å². The smallest absolute Gasteiger partial charge is 0.0706 e. The topological polar surface area (TPSA) is 17.8 Å². The van der Waals surface area contributed by atoms with Gasteiger partial charge in [-0.15, -0.1) is 0 Å². The van der Waals surface area contributed by atoms with Crippen molar-refractivity contribution >= 4 is 26.8 Å². The monoisotopic (exact) mass is 308 g/mol. The Bertz CT molecular complexity index is 520. The van der Waals surface area contributed by atoms with Crippen molar-refractivity contribution in [3.05, 3.63) is 30.0 Å². The summed E-state index contributed by atoms with van der Waals surface area (Å²) in [5, 5.41) is 5.98. The van der Waals surface area contributed by atoms with Crippen LogP contribution in [0.4, 0.5) is 0 Å². The summed E-state index contributed by atoms with van der Waals surface area (Å²) in [5.74, 6) is 1.27. The first-order valence-corrected chi connectivity index (χ1v) is 7.47. The van der Waals surface area contributed by atoms with Gasteiger partial charge in [0.15, 0.2) is 0 Å². The summed E-state index contributed by atoms with van der Waals surface area (Å²) >= 11 is 3.74. The molecule has 2 nitrogen and oxygen atoms in total. The molecule has 2 atom stereocenters. The Labute approximate surface area is 118 Å². The summed E-state index contributed by atoms with van der Waals surface area (Å²) in [6.07, 6.45) is 1.03. The molecule has 0 amide bonds. The molecule has 0 aliphatic carbocycles. The fourth-order valence-electron chi connectivity index (χ4n) is 2.59. The van der Waals surface area contributed by atoms with E-state index in [-0.39, 0.29) is 0 Å². The quantitative estimate of drug-likeness (QED) is 0.775. The van der Waals surface area contributed by atoms with Gasteiger partial charge in [-0.3, -0.25) is 4.68 Å². The van der Waals surface area contributed by atoms with Crippen LogP contribution in [0.2, 0.25) is 0 Å². The van der Waals surface area contributed by atoms with Crippen molar-refractivity contribution in [2.75, 3.05) is 0 Å². The second-order valence-electron chi connectivity index (χ2n) is 5.38. The largest absolute Gasteiger partial charge is 0.268 e. The third-order valence-electron chi connectivity index (χ3n) is 3.71. The number of nitrogens with zero attached hydrogens (tertiary/aromatic N) is 2. The molecule has 2 aromatic rings. The fraction of sp³-hybridized carbons (Fsp3) is 0.533. The van der Waals surface area contributed by atoms with Gasteiger partial charge in [0.25, 0.3) is 0 Å². The second kappa shape index (κ2) is 5.43. The summed E-state index contributed by atoms with van der Waals surface area (Å²) < 4.78 is 1.99. The van der Waals surface area contributed by atoms with Crippen molar-refractivity contribution in [2.45, 2.75) is 32.0 Å². The zero-order chi connectivity index (χ0) is 13.3. The van der Waals surface area contributed by atoms with Crippen LogP contribution in [0.1, 0.15) is 26.5 Å². The molecule has 1 heterocycles. The fourth-order valence-corrected chi connectivity index (χ4v) is 3.39. The first-order valence-electron chi connectivity index (χ1n) is 6.55. The summed E-state index contributed by atoms with van der Waals surface area (Å²) in [6, 6.07) is 8.47. The average Bonchev–Trinajstić information content (AvgIpc) is 2.63. The maximum atomic E-state index is 4.69. The Morgan fingerprint density at radius 2 is 1.89 bits per heavy atom. The molecular weight excluding hydrogens is 288 g/mol. The molecule has 2 rings (SSSR count). The predicted octanol–water partition coefficient (Wildman–Crippen LogP) is 4.17. The maximum Gasteiger partial charge on any atom is 0.0706 e. The van der Waals surface area contributed by atoms with E-state index in [4.69, 9.17) is 5.10 Å². The first kappa shape index (κ1) is 13.6. The standard InChI is InChI=1S/C15H21BrN2/c1-10(2)13(11(3)16)9-14-12-7-5-6-8-15(12)18(4)17-14/h5-8,10-11,13H,9H2,1-4H3. The molecule has 0 bridgehead atoms. The number of aromatic nitrogens is 2. The summed E-state index contributed by atoms with van der Waals surface area (Å²) in [4.78, 5) is 0.512. The van der Waals surface area contributed by atoms with Gasteiger partial charge in [0.05, 0.1) is 11.2 Å². The van der Waals surface area contributed by atoms with Crippen LogP contribution >= 0.6 is 15.9 Å². The third-order valence-corrected chi connectivity index (χ3v) is 4.39. The molecule has 0 saturated heterocycles. The first-order chi connectivity index (χ1) is 8.50. The lowest BCUT2D eigenvalue weighted by Gasteiger charge is -2.22. The highest BCUT2D eigenvalue weighted by atomic mass is 79.9. The van der Waals surface area contributed by atoms with E-state index in [1.54, 1.807) is 0 Å². The molecule has 1 aromatic heterocycles. The normalized spacial score (nSPS) is 15.2. The molecule has 0 fully saturated rings. The highest BCUT2D eigenvalue weighted by molar-refractivity contribution is 9.09. The minimum atomic E-state index is 0.512. The van der Waals surface area contributed by atoms with E-state index in [9.17, 15) is 0 Å². The molecule has 0 radical (unpaired) electrons. The van der Waals surface area contributed by atoms with Crippen LogP contribution in [0.5, 0.6) is 0 Å². The molecule has 18 heavy (non-hydrogen) atoms. The van der Waals surface area contributed by atoms with Gasteiger partial charge in [0.1, 0.15) is 0 Å². The van der Waals surface area contributed by atoms with Gasteiger partial charge in [-0.1, -0.05) is 54.9 Å². The minimum absolute atomic E-state index is 0.512. The lowest BCUT2D eigenvalue weighted by molar-refractivity contribution is 0.380. The highest BCUT2D eigenvalue weighted by Gasteiger charge is 2.21. The molecule has 98 valence electrons. The molecule has 0 spiro atoms. The van der Waals surface area contributed by atoms with Gasteiger partial charge < -0.3 is 0 Å². The number of hydrogen-bond donors (Lipinski definition) is 0. The summed E-state index contributed by atoms with van der Waals surface area (Å²) in [5.41, 5.74) is 2.44. The number of para-hydroxylation sites is 1. The molecule has 3 heteroatoms. The van der Waals surface area contributed by atoms with Crippen LogP contribution in [0.15, 0.2) is 24.3 Å². The summed E-state index contributed by atoms with van der Waals surface area (Å²) in [6.45, 7) is 6.80. The molecule has 0 saturated carbocycles. The van der Waals surface area contributed by atoms with Crippen LogP contribution in [0, 0.1) is 11.8 Å². The van der Waals surface area contributed by atoms with Crippen LogP contribution < -0.4 is 0 Å². The van der Waals surface area contributed by atoms with Gasteiger partial charge in [0.2, 0.25) is 0 Å².